The van der Waals surface area contributed by atoms with E-state index in [-0.39, 0.29) is 19.3 Å². The van der Waals surface area contributed by atoms with E-state index in [0.29, 0.717) is 12.3 Å². The third-order valence-electron chi connectivity index (χ3n) is 2.34. The molecule has 0 saturated carbocycles. The van der Waals surface area contributed by atoms with Crippen molar-refractivity contribution in [1.82, 2.24) is 0 Å². The van der Waals surface area contributed by atoms with Gasteiger partial charge in [-0.3, -0.25) is 0 Å². The highest BCUT2D eigenvalue weighted by Crippen LogP contribution is 2.34. The first-order valence-electron chi connectivity index (χ1n) is 6.04. The number of ether oxygens (including phenoxy) is 2. The van der Waals surface area contributed by atoms with Gasteiger partial charge < -0.3 is 20.3 Å². The first kappa shape index (κ1) is 16.9. The summed E-state index contributed by atoms with van der Waals surface area (Å²) < 4.78 is 12.5. The summed E-state index contributed by atoms with van der Waals surface area (Å²) in [7, 11) is 0. The molecule has 19 heavy (non-hydrogen) atoms. The number of hydrogen-bond donors (Lipinski definition) is 2. The standard InChI is InChI=1S/C13H19Br2NO3/c1-8(2)18-6-10(17)7-19-13-11(14)3-9(5-16)4-12(13)15/h3-4,8,10,17H,5-7,16H2,1-2H3. The summed E-state index contributed by atoms with van der Waals surface area (Å²) in [5.41, 5.74) is 6.58. The van der Waals surface area contributed by atoms with Crippen molar-refractivity contribution in [2.75, 3.05) is 13.2 Å². The number of aliphatic hydroxyl groups is 1. The van der Waals surface area contributed by atoms with Gasteiger partial charge in [0.15, 0.2) is 0 Å². The van der Waals surface area contributed by atoms with Gasteiger partial charge in [0.25, 0.3) is 0 Å². The van der Waals surface area contributed by atoms with Gasteiger partial charge in [0, 0.05) is 6.54 Å². The van der Waals surface area contributed by atoms with Crippen molar-refractivity contribution in [2.24, 2.45) is 5.73 Å². The Morgan fingerprint density at radius 2 is 1.79 bits per heavy atom. The molecule has 1 atom stereocenters. The van der Waals surface area contributed by atoms with E-state index in [4.69, 9.17) is 15.2 Å². The third-order valence-corrected chi connectivity index (χ3v) is 3.51. The molecule has 0 fully saturated rings. The normalized spacial score (nSPS) is 12.8. The van der Waals surface area contributed by atoms with Crippen molar-refractivity contribution in [3.8, 4) is 5.75 Å². The quantitative estimate of drug-likeness (QED) is 0.743. The molecule has 0 aliphatic rings. The van der Waals surface area contributed by atoms with Gasteiger partial charge in [-0.15, -0.1) is 0 Å². The van der Waals surface area contributed by atoms with Crippen molar-refractivity contribution >= 4 is 31.9 Å². The van der Waals surface area contributed by atoms with Crippen LogP contribution in [-0.2, 0) is 11.3 Å². The molecule has 0 heterocycles. The molecule has 0 aliphatic carbocycles. The molecule has 0 amide bonds. The van der Waals surface area contributed by atoms with Crippen LogP contribution in [0.3, 0.4) is 0 Å². The van der Waals surface area contributed by atoms with Gasteiger partial charge in [-0.2, -0.15) is 0 Å². The number of nitrogens with two attached hydrogens (primary N) is 1. The van der Waals surface area contributed by atoms with Crippen LogP contribution in [0.5, 0.6) is 5.75 Å². The first-order chi connectivity index (χ1) is 8.93. The lowest BCUT2D eigenvalue weighted by atomic mass is 10.2. The molecular formula is C13H19Br2NO3. The van der Waals surface area contributed by atoms with E-state index in [1.807, 2.05) is 26.0 Å². The van der Waals surface area contributed by atoms with Crippen molar-refractivity contribution < 1.29 is 14.6 Å². The summed E-state index contributed by atoms with van der Waals surface area (Å²) in [5, 5.41) is 9.74. The second-order valence-corrected chi connectivity index (χ2v) is 6.15. The minimum Gasteiger partial charge on any atom is -0.488 e. The zero-order valence-corrected chi connectivity index (χ0v) is 14.2. The minimum atomic E-state index is -0.657. The van der Waals surface area contributed by atoms with Crippen LogP contribution in [0, 0.1) is 0 Å². The Hall–Kier alpha value is -0.140. The highest BCUT2D eigenvalue weighted by Gasteiger charge is 2.12. The van der Waals surface area contributed by atoms with Gasteiger partial charge in [-0.1, -0.05) is 0 Å². The minimum absolute atomic E-state index is 0.0944. The fourth-order valence-electron chi connectivity index (χ4n) is 1.40. The van der Waals surface area contributed by atoms with Crippen LogP contribution >= 0.6 is 31.9 Å². The molecule has 108 valence electrons. The van der Waals surface area contributed by atoms with Crippen LogP contribution in [0.4, 0.5) is 0 Å². The van der Waals surface area contributed by atoms with Crippen LogP contribution in [0.1, 0.15) is 19.4 Å². The molecule has 0 saturated heterocycles. The summed E-state index contributed by atoms with van der Waals surface area (Å²) in [6, 6.07) is 3.80. The maximum absolute atomic E-state index is 9.74. The van der Waals surface area contributed by atoms with Crippen LogP contribution < -0.4 is 10.5 Å². The van der Waals surface area contributed by atoms with E-state index >= 15 is 0 Å². The smallest absolute Gasteiger partial charge is 0.147 e. The first-order valence-corrected chi connectivity index (χ1v) is 7.63. The van der Waals surface area contributed by atoms with Crippen molar-refractivity contribution in [3.63, 3.8) is 0 Å². The largest absolute Gasteiger partial charge is 0.488 e. The lowest BCUT2D eigenvalue weighted by Crippen LogP contribution is -2.25. The summed E-state index contributed by atoms with van der Waals surface area (Å²) in [6.45, 7) is 4.74. The summed E-state index contributed by atoms with van der Waals surface area (Å²) in [4.78, 5) is 0. The topological polar surface area (TPSA) is 64.7 Å². The van der Waals surface area contributed by atoms with Gasteiger partial charge in [-0.25, -0.2) is 0 Å². The van der Waals surface area contributed by atoms with E-state index in [0.717, 1.165) is 14.5 Å². The Labute approximate surface area is 130 Å². The molecule has 1 rings (SSSR count). The number of benzene rings is 1. The number of hydrogen-bond acceptors (Lipinski definition) is 4. The molecule has 0 radical (unpaired) electrons. The van der Waals surface area contributed by atoms with Crippen LogP contribution in [0.15, 0.2) is 21.1 Å². The predicted octanol–water partition coefficient (Wildman–Crippen LogP) is 2.84. The summed E-state index contributed by atoms with van der Waals surface area (Å²) in [5.74, 6) is 0.654. The van der Waals surface area contributed by atoms with E-state index in [1.165, 1.54) is 0 Å². The highest BCUT2D eigenvalue weighted by molar-refractivity contribution is 9.11. The molecule has 0 aromatic heterocycles. The van der Waals surface area contributed by atoms with Gasteiger partial charge >= 0.3 is 0 Å². The average molecular weight is 397 g/mol. The zero-order chi connectivity index (χ0) is 14.4. The molecule has 1 aromatic carbocycles. The van der Waals surface area contributed by atoms with Crippen LogP contribution in [0.25, 0.3) is 0 Å². The Bertz CT molecular complexity index is 390. The van der Waals surface area contributed by atoms with Crippen LogP contribution in [-0.4, -0.2) is 30.5 Å². The Kier molecular flexibility index (Phi) is 7.31. The highest BCUT2D eigenvalue weighted by atomic mass is 79.9. The number of rotatable bonds is 7. The lowest BCUT2D eigenvalue weighted by molar-refractivity contribution is -0.0124. The fraction of sp³-hybridized carbons (Fsp3) is 0.538. The number of halogens is 2. The Morgan fingerprint density at radius 3 is 2.26 bits per heavy atom. The molecule has 0 spiro atoms. The summed E-state index contributed by atoms with van der Waals surface area (Å²) >= 11 is 6.86. The maximum atomic E-state index is 9.74. The van der Waals surface area contributed by atoms with E-state index < -0.39 is 6.10 Å². The van der Waals surface area contributed by atoms with Crippen molar-refractivity contribution in [3.05, 3.63) is 26.6 Å². The van der Waals surface area contributed by atoms with Gasteiger partial charge in [0.05, 0.1) is 21.7 Å². The summed E-state index contributed by atoms with van der Waals surface area (Å²) in [6.07, 6.45) is -0.563. The monoisotopic (exact) mass is 395 g/mol. The molecular weight excluding hydrogens is 378 g/mol. The lowest BCUT2D eigenvalue weighted by Gasteiger charge is -2.16. The SMILES string of the molecule is CC(C)OCC(O)COc1c(Br)cc(CN)cc1Br. The second kappa shape index (κ2) is 8.21. The fourth-order valence-corrected chi connectivity index (χ4v) is 2.91. The second-order valence-electron chi connectivity index (χ2n) is 4.44. The Morgan fingerprint density at radius 1 is 1.21 bits per heavy atom. The predicted molar refractivity (Wildman–Crippen MR) is 82.3 cm³/mol. The van der Waals surface area contributed by atoms with E-state index in [2.05, 4.69) is 31.9 Å². The zero-order valence-electron chi connectivity index (χ0n) is 11.0. The molecule has 1 unspecified atom stereocenters. The van der Waals surface area contributed by atoms with Gasteiger partial charge in [0.2, 0.25) is 0 Å². The molecule has 3 N–H and O–H groups in total. The van der Waals surface area contributed by atoms with E-state index in [1.54, 1.807) is 0 Å². The van der Waals surface area contributed by atoms with Gasteiger partial charge in [0.1, 0.15) is 18.5 Å². The van der Waals surface area contributed by atoms with Crippen molar-refractivity contribution in [1.29, 1.82) is 0 Å². The van der Waals surface area contributed by atoms with Crippen LogP contribution in [0.2, 0.25) is 0 Å². The molecule has 1 aromatic rings. The van der Waals surface area contributed by atoms with Gasteiger partial charge in [-0.05, 0) is 63.4 Å². The molecule has 6 heteroatoms. The molecule has 0 bridgehead atoms. The van der Waals surface area contributed by atoms with Crippen molar-refractivity contribution in [2.45, 2.75) is 32.6 Å². The maximum Gasteiger partial charge on any atom is 0.147 e. The average Bonchev–Trinajstić information content (AvgIpc) is 2.34. The molecule has 4 nitrogen and oxygen atoms in total. The number of aliphatic hydroxyl groups excluding tert-OH is 1. The Balaban J connectivity index is 2.58. The third kappa shape index (κ3) is 5.79. The van der Waals surface area contributed by atoms with E-state index in [9.17, 15) is 5.11 Å². The molecule has 0 aliphatic heterocycles.